The summed E-state index contributed by atoms with van der Waals surface area (Å²) in [5.41, 5.74) is 2.27. The van der Waals surface area contributed by atoms with Gasteiger partial charge in [-0.15, -0.1) is 0 Å². The van der Waals surface area contributed by atoms with Crippen LogP contribution in [0, 0.1) is 5.92 Å². The molecular formula is C23H28BNO3. The first kappa shape index (κ1) is 19.1. The molecule has 3 atom stereocenters. The lowest BCUT2D eigenvalue weighted by Gasteiger charge is -2.43. The number of fused-ring (bicyclic) bond motifs is 2. The number of benzene rings is 2. The fourth-order valence-electron chi connectivity index (χ4n) is 4.85. The lowest BCUT2D eigenvalue weighted by molar-refractivity contribution is -0.0491. The predicted octanol–water partition coefficient (Wildman–Crippen LogP) is 2.73. The molecule has 1 N–H and O–H groups in total. The molecule has 2 fully saturated rings. The summed E-state index contributed by atoms with van der Waals surface area (Å²) in [6.45, 7) is 2.23. The highest BCUT2D eigenvalue weighted by Gasteiger charge is 2.49. The van der Waals surface area contributed by atoms with Crippen molar-refractivity contribution in [1.29, 1.82) is 0 Å². The van der Waals surface area contributed by atoms with E-state index in [2.05, 4.69) is 20.0 Å². The number of piperidine rings is 1. The van der Waals surface area contributed by atoms with Gasteiger partial charge in [-0.2, -0.15) is 0 Å². The van der Waals surface area contributed by atoms with Gasteiger partial charge in [-0.05, 0) is 49.7 Å². The van der Waals surface area contributed by atoms with E-state index in [1.54, 1.807) is 0 Å². The van der Waals surface area contributed by atoms with Crippen molar-refractivity contribution in [3.8, 4) is 0 Å². The molecule has 2 aliphatic rings. The van der Waals surface area contributed by atoms with Crippen molar-refractivity contribution in [2.45, 2.75) is 56.9 Å². The predicted molar refractivity (Wildman–Crippen MR) is 112 cm³/mol. The summed E-state index contributed by atoms with van der Waals surface area (Å²) in [6, 6.07) is 18.2. The normalized spacial score (nSPS) is 25.9. The van der Waals surface area contributed by atoms with Crippen LogP contribution >= 0.6 is 0 Å². The Labute approximate surface area is 167 Å². The molecule has 5 heteroatoms. The summed E-state index contributed by atoms with van der Waals surface area (Å²) in [5.74, 6) is 0.144. The third-order valence-electron chi connectivity index (χ3n) is 6.58. The molecular weight excluding hydrogens is 349 g/mol. The molecule has 3 unspecified atom stereocenters. The van der Waals surface area contributed by atoms with Crippen LogP contribution in [0.3, 0.4) is 0 Å². The van der Waals surface area contributed by atoms with Crippen LogP contribution < -0.4 is 5.46 Å². The van der Waals surface area contributed by atoms with E-state index < -0.39 is 5.60 Å². The SMILES string of the molecule is Bc1ccc(C(C)(O)C2CC3CCC(C2)N3C(=O)OCc2ccccc2)cc1. The van der Waals surface area contributed by atoms with Gasteiger partial charge >= 0.3 is 6.09 Å². The number of hydrogen-bond acceptors (Lipinski definition) is 3. The highest BCUT2D eigenvalue weighted by molar-refractivity contribution is 6.32. The minimum Gasteiger partial charge on any atom is -0.445 e. The molecule has 2 heterocycles. The van der Waals surface area contributed by atoms with Gasteiger partial charge in [0.1, 0.15) is 14.5 Å². The van der Waals surface area contributed by atoms with Crippen LogP contribution in [0.1, 0.15) is 43.7 Å². The van der Waals surface area contributed by atoms with Crippen LogP contribution in [-0.2, 0) is 16.9 Å². The maximum Gasteiger partial charge on any atom is 0.410 e. The van der Waals surface area contributed by atoms with Crippen LogP contribution in [0.15, 0.2) is 54.6 Å². The molecule has 2 bridgehead atoms. The molecule has 146 valence electrons. The molecule has 4 rings (SSSR count). The average molecular weight is 377 g/mol. The smallest absolute Gasteiger partial charge is 0.410 e. The maximum absolute atomic E-state index is 12.7. The molecule has 2 aromatic rings. The summed E-state index contributed by atoms with van der Waals surface area (Å²) < 4.78 is 5.59. The fourth-order valence-corrected chi connectivity index (χ4v) is 4.85. The molecule has 4 nitrogen and oxygen atoms in total. The molecule has 0 spiro atoms. The standard InChI is InChI=1S/C23H28BNO3/c1-23(27,17-7-9-19(24)10-8-17)18-13-20-11-12-21(14-18)25(20)22(26)28-15-16-5-3-2-4-6-16/h2-10,18,20-21,27H,11-15,24H2,1H3. The van der Waals surface area contributed by atoms with E-state index in [1.165, 1.54) is 5.46 Å². The van der Waals surface area contributed by atoms with Gasteiger partial charge in [0.25, 0.3) is 0 Å². The van der Waals surface area contributed by atoms with Gasteiger partial charge in [0.05, 0.1) is 5.60 Å². The van der Waals surface area contributed by atoms with Crippen molar-refractivity contribution in [3.63, 3.8) is 0 Å². The molecule has 2 aliphatic heterocycles. The number of carbonyl (C=O) groups is 1. The van der Waals surface area contributed by atoms with Gasteiger partial charge in [-0.25, -0.2) is 4.79 Å². The Morgan fingerprint density at radius 3 is 2.32 bits per heavy atom. The first-order chi connectivity index (χ1) is 13.4. The Morgan fingerprint density at radius 1 is 1.11 bits per heavy atom. The second-order valence-electron chi connectivity index (χ2n) is 8.51. The number of nitrogens with zero attached hydrogens (tertiary/aromatic N) is 1. The van der Waals surface area contributed by atoms with Gasteiger partial charge < -0.3 is 14.7 Å². The molecule has 0 radical (unpaired) electrons. The second kappa shape index (κ2) is 7.63. The summed E-state index contributed by atoms with van der Waals surface area (Å²) in [4.78, 5) is 14.7. The van der Waals surface area contributed by atoms with Crippen LogP contribution in [0.25, 0.3) is 0 Å². The van der Waals surface area contributed by atoms with Crippen LogP contribution in [0.2, 0.25) is 0 Å². The van der Waals surface area contributed by atoms with Gasteiger partial charge in [0, 0.05) is 12.1 Å². The molecule has 2 aromatic carbocycles. The van der Waals surface area contributed by atoms with Gasteiger partial charge in [0.2, 0.25) is 0 Å². The van der Waals surface area contributed by atoms with E-state index in [0.29, 0.717) is 6.61 Å². The molecule has 28 heavy (non-hydrogen) atoms. The number of carbonyl (C=O) groups excluding carboxylic acids is 1. The van der Waals surface area contributed by atoms with E-state index in [0.717, 1.165) is 36.8 Å². The van der Waals surface area contributed by atoms with Crippen molar-refractivity contribution in [2.24, 2.45) is 5.92 Å². The Bertz CT molecular complexity index is 808. The maximum atomic E-state index is 12.7. The lowest BCUT2D eigenvalue weighted by atomic mass is 9.74. The number of hydrogen-bond donors (Lipinski definition) is 1. The van der Waals surface area contributed by atoms with E-state index in [4.69, 9.17) is 4.74 Å². The minimum atomic E-state index is -0.880. The first-order valence-corrected chi connectivity index (χ1v) is 10.2. The molecule has 2 saturated heterocycles. The second-order valence-corrected chi connectivity index (χ2v) is 8.51. The van der Waals surface area contributed by atoms with Crippen molar-refractivity contribution < 1.29 is 14.6 Å². The van der Waals surface area contributed by atoms with Crippen LogP contribution in [0.5, 0.6) is 0 Å². The Kier molecular flexibility index (Phi) is 5.20. The van der Waals surface area contributed by atoms with Crippen molar-refractivity contribution in [3.05, 3.63) is 65.7 Å². The molecule has 1 amide bonds. The number of rotatable bonds is 4. The van der Waals surface area contributed by atoms with Gasteiger partial charge in [0.15, 0.2) is 0 Å². The zero-order valence-electron chi connectivity index (χ0n) is 16.7. The van der Waals surface area contributed by atoms with Crippen LogP contribution in [0.4, 0.5) is 4.79 Å². The van der Waals surface area contributed by atoms with E-state index in [9.17, 15) is 9.90 Å². The third kappa shape index (κ3) is 3.68. The molecule has 0 aromatic heterocycles. The number of aliphatic hydroxyl groups is 1. The monoisotopic (exact) mass is 377 g/mol. The molecule has 0 aliphatic carbocycles. The van der Waals surface area contributed by atoms with Gasteiger partial charge in [-0.3, -0.25) is 0 Å². The lowest BCUT2D eigenvalue weighted by Crippen LogP contribution is -2.50. The highest BCUT2D eigenvalue weighted by Crippen LogP contribution is 2.46. The first-order valence-electron chi connectivity index (χ1n) is 10.2. The summed E-state index contributed by atoms with van der Waals surface area (Å²) in [6.07, 6.45) is 3.40. The summed E-state index contributed by atoms with van der Waals surface area (Å²) in [5, 5.41) is 11.3. The van der Waals surface area contributed by atoms with E-state index >= 15 is 0 Å². The zero-order valence-corrected chi connectivity index (χ0v) is 16.7. The van der Waals surface area contributed by atoms with Crippen molar-refractivity contribution in [1.82, 2.24) is 4.90 Å². The highest BCUT2D eigenvalue weighted by atomic mass is 16.6. The summed E-state index contributed by atoms with van der Waals surface area (Å²) >= 11 is 0. The van der Waals surface area contributed by atoms with Crippen LogP contribution in [-0.4, -0.2) is 36.0 Å². The third-order valence-corrected chi connectivity index (χ3v) is 6.58. The Balaban J connectivity index is 1.42. The van der Waals surface area contributed by atoms with Crippen molar-refractivity contribution >= 4 is 19.4 Å². The van der Waals surface area contributed by atoms with E-state index in [-0.39, 0.29) is 24.1 Å². The summed E-state index contributed by atoms with van der Waals surface area (Å²) in [7, 11) is 2.05. The van der Waals surface area contributed by atoms with E-state index in [1.807, 2.05) is 54.3 Å². The number of ether oxygens (including phenoxy) is 1. The number of amides is 1. The average Bonchev–Trinajstić information content (AvgIpc) is 2.96. The fraction of sp³-hybridized carbons (Fsp3) is 0.435. The Hall–Kier alpha value is -2.27. The topological polar surface area (TPSA) is 49.8 Å². The molecule has 0 saturated carbocycles. The largest absolute Gasteiger partial charge is 0.445 e. The Morgan fingerprint density at radius 2 is 1.71 bits per heavy atom. The van der Waals surface area contributed by atoms with Gasteiger partial charge in [-0.1, -0.05) is 60.1 Å². The van der Waals surface area contributed by atoms with Crippen molar-refractivity contribution in [2.75, 3.05) is 0 Å². The quantitative estimate of drug-likeness (QED) is 0.834. The zero-order chi connectivity index (χ0) is 19.7. The minimum absolute atomic E-state index is 0.144.